The molecule has 0 amide bonds. The predicted octanol–water partition coefficient (Wildman–Crippen LogP) is 4.26. The lowest BCUT2D eigenvalue weighted by atomic mass is 9.59. The molecule has 7 aromatic rings. The highest BCUT2D eigenvalue weighted by Crippen LogP contribution is 2.43. The molecule has 0 aliphatic heterocycles. The lowest BCUT2D eigenvalue weighted by Crippen LogP contribution is -2.55. The fraction of sp³-hybridized carbons (Fsp3) is 0. The van der Waals surface area contributed by atoms with E-state index in [1.54, 1.807) is 0 Å². The van der Waals surface area contributed by atoms with Crippen LogP contribution in [0.1, 0.15) is 0 Å². The summed E-state index contributed by atoms with van der Waals surface area (Å²) in [6.07, 6.45) is 0. The molecule has 0 fully saturated rings. The first kappa shape index (κ1) is 25.2. The van der Waals surface area contributed by atoms with Crippen LogP contribution in [0, 0.1) is 0 Å². The molecule has 0 saturated carbocycles. The summed E-state index contributed by atoms with van der Waals surface area (Å²) in [6.45, 7) is 0. The fourth-order valence-electron chi connectivity index (χ4n) is 6.00. The molecule has 0 bridgehead atoms. The molecule has 10 radical (unpaired) electrons. The maximum atomic E-state index is 6.59. The van der Waals surface area contributed by atoms with Gasteiger partial charge in [0.25, 0.3) is 0 Å². The first-order chi connectivity index (χ1) is 19.3. The van der Waals surface area contributed by atoms with Crippen LogP contribution in [-0.4, -0.2) is 39.2 Å². The fourth-order valence-corrected chi connectivity index (χ4v) is 6.18. The number of hydrogen-bond acceptors (Lipinski definition) is 0. The highest BCUT2D eigenvalue weighted by atomic mass is 35.5. The van der Waals surface area contributed by atoms with Crippen molar-refractivity contribution in [1.29, 1.82) is 0 Å². The number of benzene rings is 7. The van der Waals surface area contributed by atoms with Crippen molar-refractivity contribution in [2.75, 3.05) is 0 Å². The van der Waals surface area contributed by atoms with Crippen molar-refractivity contribution in [2.45, 2.75) is 0 Å². The number of hydrogen-bond donors (Lipinski definition) is 0. The maximum Gasteiger partial charge on any atom is 0.113 e. The molecule has 6 heteroatoms. The van der Waals surface area contributed by atoms with Crippen molar-refractivity contribution in [3.63, 3.8) is 0 Å². The Morgan fingerprint density at radius 3 is 1.35 bits per heavy atom. The molecule has 0 aliphatic rings. The lowest BCUT2D eigenvalue weighted by Gasteiger charge is -2.25. The highest BCUT2D eigenvalue weighted by molar-refractivity contribution is 6.69. The molecular weight excluding hydrogens is 498 g/mol. The topological polar surface area (TPSA) is 0 Å². The van der Waals surface area contributed by atoms with Crippen LogP contribution >= 0.6 is 11.6 Å². The normalized spacial score (nSPS) is 11.6. The first-order valence-corrected chi connectivity index (χ1v) is 13.3. The van der Waals surface area contributed by atoms with Crippen LogP contribution in [0.2, 0.25) is 5.02 Å². The molecule has 0 unspecified atom stereocenters. The van der Waals surface area contributed by atoms with Gasteiger partial charge >= 0.3 is 0 Å². The Kier molecular flexibility index (Phi) is 5.91. The zero-order chi connectivity index (χ0) is 27.7. The molecule has 0 saturated heterocycles. The minimum Gasteiger partial charge on any atom is -0.112 e. The SMILES string of the molecule is [B]c1c([B])c([B])c(-c2c3ccccc3c(-c3ccc4ccc5ccc(Cl)cc5c4c3)c3ccccc23)c([B])c1[B]. The summed E-state index contributed by atoms with van der Waals surface area (Å²) in [6, 6.07) is 33.4. The molecule has 0 atom stereocenters. The number of halogens is 1. The molecule has 0 aromatic heterocycles. The molecule has 7 rings (SSSR count). The molecular formula is C34H16B5Cl. The summed E-state index contributed by atoms with van der Waals surface area (Å²) in [4.78, 5) is 0. The van der Waals surface area contributed by atoms with Crippen LogP contribution in [0.4, 0.5) is 0 Å². The Bertz CT molecular complexity index is 2100. The Morgan fingerprint density at radius 2 is 0.800 bits per heavy atom. The summed E-state index contributed by atoms with van der Waals surface area (Å²) in [5.74, 6) is 0. The monoisotopic (exact) mass is 514 g/mol. The van der Waals surface area contributed by atoms with Crippen molar-refractivity contribution in [2.24, 2.45) is 0 Å². The summed E-state index contributed by atoms with van der Waals surface area (Å²) in [5, 5.41) is 9.35. The van der Waals surface area contributed by atoms with Gasteiger partial charge < -0.3 is 0 Å². The molecule has 7 aromatic carbocycles. The molecule has 174 valence electrons. The van der Waals surface area contributed by atoms with E-state index in [2.05, 4.69) is 60.7 Å². The number of fused-ring (bicyclic) bond motifs is 5. The average molecular weight is 514 g/mol. The Morgan fingerprint density at radius 1 is 0.375 bits per heavy atom. The van der Waals surface area contributed by atoms with Crippen molar-refractivity contribution < 1.29 is 0 Å². The Hall–Kier alpha value is -3.81. The minimum atomic E-state index is 0.201. The van der Waals surface area contributed by atoms with E-state index >= 15 is 0 Å². The van der Waals surface area contributed by atoms with Crippen LogP contribution in [-0.2, 0) is 0 Å². The van der Waals surface area contributed by atoms with Gasteiger partial charge in [-0.15, -0.1) is 16.4 Å². The third-order valence-electron chi connectivity index (χ3n) is 7.97. The third kappa shape index (κ3) is 3.68. The number of rotatable bonds is 2. The van der Waals surface area contributed by atoms with Crippen molar-refractivity contribution in [3.05, 3.63) is 102 Å². The second-order valence-corrected chi connectivity index (χ2v) is 10.6. The van der Waals surface area contributed by atoms with E-state index < -0.39 is 0 Å². The highest BCUT2D eigenvalue weighted by Gasteiger charge is 2.20. The quantitative estimate of drug-likeness (QED) is 0.184. The van der Waals surface area contributed by atoms with Gasteiger partial charge in [0.05, 0.1) is 0 Å². The Labute approximate surface area is 244 Å². The zero-order valence-corrected chi connectivity index (χ0v) is 22.3. The van der Waals surface area contributed by atoms with Crippen LogP contribution in [0.15, 0.2) is 97.1 Å². The predicted molar refractivity (Wildman–Crippen MR) is 179 cm³/mol. The van der Waals surface area contributed by atoms with Gasteiger partial charge in [0.15, 0.2) is 0 Å². The average Bonchev–Trinajstić information content (AvgIpc) is 2.98. The maximum absolute atomic E-state index is 6.59. The zero-order valence-electron chi connectivity index (χ0n) is 21.5. The van der Waals surface area contributed by atoms with Crippen LogP contribution in [0.3, 0.4) is 0 Å². The van der Waals surface area contributed by atoms with Crippen LogP contribution < -0.4 is 27.3 Å². The lowest BCUT2D eigenvalue weighted by molar-refractivity contribution is 1.70. The summed E-state index contributed by atoms with van der Waals surface area (Å²) < 4.78 is 0. The van der Waals surface area contributed by atoms with Gasteiger partial charge in [0, 0.05) is 5.02 Å². The van der Waals surface area contributed by atoms with Crippen molar-refractivity contribution >= 4 is 121 Å². The van der Waals surface area contributed by atoms with Crippen molar-refractivity contribution in [3.8, 4) is 22.3 Å². The smallest absolute Gasteiger partial charge is 0.112 e. The van der Waals surface area contributed by atoms with E-state index in [0.29, 0.717) is 21.5 Å². The van der Waals surface area contributed by atoms with E-state index in [1.807, 2.05) is 36.4 Å². The van der Waals surface area contributed by atoms with Gasteiger partial charge in [-0.1, -0.05) is 101 Å². The molecule has 0 nitrogen and oxygen atoms in total. The summed E-state index contributed by atoms with van der Waals surface area (Å²) in [7, 11) is 31.9. The van der Waals surface area contributed by atoms with E-state index in [0.717, 1.165) is 59.8 Å². The van der Waals surface area contributed by atoms with Gasteiger partial charge in [-0.2, -0.15) is 0 Å². The van der Waals surface area contributed by atoms with Gasteiger partial charge in [0.2, 0.25) is 0 Å². The van der Waals surface area contributed by atoms with E-state index in [9.17, 15) is 0 Å². The van der Waals surface area contributed by atoms with Gasteiger partial charge in [-0.25, -0.2) is 0 Å². The third-order valence-corrected chi connectivity index (χ3v) is 8.21. The van der Waals surface area contributed by atoms with E-state index in [-0.39, 0.29) is 16.4 Å². The first-order valence-electron chi connectivity index (χ1n) is 12.9. The van der Waals surface area contributed by atoms with Gasteiger partial charge in [-0.3, -0.25) is 0 Å². The second-order valence-electron chi connectivity index (χ2n) is 10.2. The van der Waals surface area contributed by atoms with Gasteiger partial charge in [-0.05, 0) is 83.5 Å². The molecule has 40 heavy (non-hydrogen) atoms. The second kappa shape index (κ2) is 9.39. The standard InChI is InChI=1S/C34H16B5Cl/c35-30-29(31(36)33(38)34(39)32(30)37)28-23-7-3-1-5-21(23)27(22-6-2-4-8-24(22)28)19-12-11-17-9-10-18-13-14-20(40)16-26(18)25(17)15-19/h1-16H. The largest absolute Gasteiger partial charge is 0.113 e. The van der Waals surface area contributed by atoms with Crippen LogP contribution in [0.5, 0.6) is 0 Å². The van der Waals surface area contributed by atoms with E-state index in [1.165, 1.54) is 0 Å². The molecule has 0 aliphatic carbocycles. The minimum absolute atomic E-state index is 0.201. The Balaban J connectivity index is 1.64. The van der Waals surface area contributed by atoms with E-state index in [4.69, 9.17) is 50.8 Å². The summed E-state index contributed by atoms with van der Waals surface area (Å²) in [5.41, 5.74) is 5.00. The molecule has 0 N–H and O–H groups in total. The van der Waals surface area contributed by atoms with Gasteiger partial charge in [0.1, 0.15) is 39.2 Å². The summed E-state index contributed by atoms with van der Waals surface area (Å²) >= 11 is 6.42. The van der Waals surface area contributed by atoms with Crippen LogP contribution in [0.25, 0.3) is 65.3 Å². The van der Waals surface area contributed by atoms with Crippen molar-refractivity contribution in [1.82, 2.24) is 0 Å². The molecule has 0 heterocycles. The molecule has 0 spiro atoms.